The molecule has 0 saturated carbocycles. The monoisotopic (exact) mass is 402 g/mol. The average molecular weight is 402 g/mol. The van der Waals surface area contributed by atoms with Gasteiger partial charge in [0.2, 0.25) is 0 Å². The molecule has 0 radical (unpaired) electrons. The van der Waals surface area contributed by atoms with Gasteiger partial charge in [-0.05, 0) is 57.4 Å². The van der Waals surface area contributed by atoms with Crippen LogP contribution in [0.3, 0.4) is 0 Å². The number of esters is 2. The van der Waals surface area contributed by atoms with Crippen LogP contribution in [-0.4, -0.2) is 35.9 Å². The quantitative estimate of drug-likeness (QED) is 0.553. The van der Waals surface area contributed by atoms with Crippen LogP contribution in [0.4, 0.5) is 0 Å². The number of benzene rings is 2. The topological polar surface area (TPSA) is 102 Å². The van der Waals surface area contributed by atoms with Crippen molar-refractivity contribution in [3.8, 4) is 23.0 Å². The SMILES string of the molecule is CCCOC(=O)c1c(C)cc(OC(=O)c2c(C)cc(O)c(C)c2OC)c(C)c1O. The number of methoxy groups -OCH3 is 1. The van der Waals surface area contributed by atoms with Crippen LogP contribution in [0.1, 0.15) is 56.3 Å². The van der Waals surface area contributed by atoms with E-state index >= 15 is 0 Å². The van der Waals surface area contributed by atoms with Crippen molar-refractivity contribution in [2.45, 2.75) is 41.0 Å². The normalized spacial score (nSPS) is 10.6. The molecular formula is C22H26O7. The first-order chi connectivity index (χ1) is 13.6. The van der Waals surface area contributed by atoms with Crippen LogP contribution in [0.2, 0.25) is 0 Å². The summed E-state index contributed by atoms with van der Waals surface area (Å²) in [6, 6.07) is 2.96. The second kappa shape index (κ2) is 8.86. The number of ether oxygens (including phenoxy) is 3. The van der Waals surface area contributed by atoms with E-state index in [0.717, 1.165) is 0 Å². The van der Waals surface area contributed by atoms with E-state index < -0.39 is 11.9 Å². The van der Waals surface area contributed by atoms with Gasteiger partial charge in [0.1, 0.15) is 34.1 Å². The highest BCUT2D eigenvalue weighted by atomic mass is 16.5. The first-order valence-electron chi connectivity index (χ1n) is 9.23. The Labute approximate surface area is 169 Å². The molecule has 0 aromatic heterocycles. The van der Waals surface area contributed by atoms with Crippen LogP contribution in [0.25, 0.3) is 0 Å². The number of aryl methyl sites for hydroxylation is 2. The Hall–Kier alpha value is -3.22. The van der Waals surface area contributed by atoms with Gasteiger partial charge in [-0.15, -0.1) is 0 Å². The Morgan fingerprint density at radius 3 is 2.14 bits per heavy atom. The van der Waals surface area contributed by atoms with E-state index in [9.17, 15) is 19.8 Å². The zero-order valence-corrected chi connectivity index (χ0v) is 17.5. The lowest BCUT2D eigenvalue weighted by molar-refractivity contribution is 0.0500. The largest absolute Gasteiger partial charge is 0.508 e. The molecule has 2 rings (SSSR count). The lowest BCUT2D eigenvalue weighted by Gasteiger charge is -2.17. The number of aromatic hydroxyl groups is 2. The number of rotatable bonds is 6. The van der Waals surface area contributed by atoms with E-state index in [4.69, 9.17) is 14.2 Å². The van der Waals surface area contributed by atoms with Crippen molar-refractivity contribution < 1.29 is 34.0 Å². The van der Waals surface area contributed by atoms with Gasteiger partial charge in [-0.2, -0.15) is 0 Å². The zero-order valence-electron chi connectivity index (χ0n) is 17.5. The van der Waals surface area contributed by atoms with Gasteiger partial charge in [0, 0.05) is 11.1 Å². The van der Waals surface area contributed by atoms with Gasteiger partial charge < -0.3 is 24.4 Å². The molecule has 0 aliphatic heterocycles. The molecule has 29 heavy (non-hydrogen) atoms. The van der Waals surface area contributed by atoms with Gasteiger partial charge >= 0.3 is 11.9 Å². The third kappa shape index (κ3) is 4.29. The maximum Gasteiger partial charge on any atom is 0.347 e. The number of carbonyl (C=O) groups is 2. The van der Waals surface area contributed by atoms with Gasteiger partial charge in [-0.25, -0.2) is 9.59 Å². The first kappa shape index (κ1) is 22.1. The highest BCUT2D eigenvalue weighted by molar-refractivity contribution is 5.98. The van der Waals surface area contributed by atoms with Crippen molar-refractivity contribution in [1.82, 2.24) is 0 Å². The molecule has 0 unspecified atom stereocenters. The molecule has 0 bridgehead atoms. The molecule has 0 heterocycles. The lowest BCUT2D eigenvalue weighted by atomic mass is 10.0. The van der Waals surface area contributed by atoms with Crippen LogP contribution < -0.4 is 9.47 Å². The van der Waals surface area contributed by atoms with Crippen LogP contribution in [-0.2, 0) is 4.74 Å². The predicted octanol–water partition coefficient (Wildman–Crippen LogP) is 4.13. The predicted molar refractivity (Wildman–Crippen MR) is 107 cm³/mol. The van der Waals surface area contributed by atoms with Crippen molar-refractivity contribution in [3.63, 3.8) is 0 Å². The maximum atomic E-state index is 12.9. The summed E-state index contributed by atoms with van der Waals surface area (Å²) in [5.74, 6) is -1.29. The molecule has 7 heteroatoms. The molecule has 2 aromatic rings. The summed E-state index contributed by atoms with van der Waals surface area (Å²) in [5, 5.41) is 20.5. The molecule has 0 aliphatic rings. The van der Waals surface area contributed by atoms with E-state index in [-0.39, 0.29) is 46.3 Å². The van der Waals surface area contributed by atoms with E-state index in [1.807, 2.05) is 6.92 Å². The van der Waals surface area contributed by atoms with E-state index in [1.165, 1.54) is 19.2 Å². The van der Waals surface area contributed by atoms with Crippen molar-refractivity contribution >= 4 is 11.9 Å². The van der Waals surface area contributed by atoms with Crippen LogP contribution in [0.5, 0.6) is 23.0 Å². The van der Waals surface area contributed by atoms with Gasteiger partial charge in [-0.3, -0.25) is 0 Å². The molecule has 2 N–H and O–H groups in total. The van der Waals surface area contributed by atoms with Crippen molar-refractivity contribution in [2.75, 3.05) is 13.7 Å². The maximum absolute atomic E-state index is 12.9. The lowest BCUT2D eigenvalue weighted by Crippen LogP contribution is -2.15. The Balaban J connectivity index is 2.45. The van der Waals surface area contributed by atoms with Gasteiger partial charge in [0.15, 0.2) is 0 Å². The molecule has 0 spiro atoms. The molecule has 0 atom stereocenters. The zero-order chi connectivity index (χ0) is 21.9. The molecule has 156 valence electrons. The smallest absolute Gasteiger partial charge is 0.347 e. The molecule has 0 fully saturated rings. The molecule has 0 saturated heterocycles. The fourth-order valence-electron chi connectivity index (χ4n) is 3.03. The highest BCUT2D eigenvalue weighted by Gasteiger charge is 2.25. The van der Waals surface area contributed by atoms with Gasteiger partial charge in [-0.1, -0.05) is 6.92 Å². The van der Waals surface area contributed by atoms with Gasteiger partial charge in [0.05, 0.1) is 13.7 Å². The Kier molecular flexibility index (Phi) is 6.74. The van der Waals surface area contributed by atoms with Crippen LogP contribution >= 0.6 is 0 Å². The fraction of sp³-hybridized carbons (Fsp3) is 0.364. The fourth-order valence-corrected chi connectivity index (χ4v) is 3.03. The van der Waals surface area contributed by atoms with Gasteiger partial charge in [0.25, 0.3) is 0 Å². The third-order valence-electron chi connectivity index (χ3n) is 4.66. The number of phenolic OH excluding ortho intramolecular Hbond substituents is 2. The summed E-state index contributed by atoms with van der Waals surface area (Å²) in [5.41, 5.74) is 1.76. The molecule has 0 aliphatic carbocycles. The average Bonchev–Trinajstić information content (AvgIpc) is 2.66. The third-order valence-corrected chi connectivity index (χ3v) is 4.66. The number of hydrogen-bond acceptors (Lipinski definition) is 7. The standard InChI is InChI=1S/C22H26O7/c1-7-8-28-21(25)17-12(3)10-16(14(5)19(17)24)29-22(26)18-11(2)9-15(23)13(4)20(18)27-6/h9-10,23-24H,7-8H2,1-6H3. The van der Waals surface area contributed by atoms with Crippen molar-refractivity contribution in [2.24, 2.45) is 0 Å². The minimum absolute atomic E-state index is 0.00974. The van der Waals surface area contributed by atoms with Crippen LogP contribution in [0, 0.1) is 27.7 Å². The van der Waals surface area contributed by atoms with Crippen molar-refractivity contribution in [1.29, 1.82) is 0 Å². The number of hydrogen-bond donors (Lipinski definition) is 2. The number of phenols is 2. The first-order valence-corrected chi connectivity index (χ1v) is 9.23. The summed E-state index contributed by atoms with van der Waals surface area (Å²) < 4.78 is 15.9. The van der Waals surface area contributed by atoms with Crippen molar-refractivity contribution in [3.05, 3.63) is 45.5 Å². The Morgan fingerprint density at radius 1 is 0.931 bits per heavy atom. The Bertz CT molecular complexity index is 961. The number of carbonyl (C=O) groups excluding carboxylic acids is 2. The van der Waals surface area contributed by atoms with Crippen LogP contribution in [0.15, 0.2) is 12.1 Å². The highest BCUT2D eigenvalue weighted by Crippen LogP contribution is 2.37. The molecule has 7 nitrogen and oxygen atoms in total. The van der Waals surface area contributed by atoms with E-state index in [1.54, 1.807) is 27.7 Å². The van der Waals surface area contributed by atoms with E-state index in [0.29, 0.717) is 23.1 Å². The minimum Gasteiger partial charge on any atom is -0.508 e. The minimum atomic E-state index is -0.703. The second-order valence-corrected chi connectivity index (χ2v) is 6.81. The molecular weight excluding hydrogens is 376 g/mol. The van der Waals surface area contributed by atoms with E-state index in [2.05, 4.69) is 0 Å². The summed E-state index contributed by atoms with van der Waals surface area (Å²) in [6.45, 7) is 8.56. The summed E-state index contributed by atoms with van der Waals surface area (Å²) in [4.78, 5) is 25.1. The Morgan fingerprint density at radius 2 is 1.55 bits per heavy atom. The summed E-state index contributed by atoms with van der Waals surface area (Å²) in [7, 11) is 1.40. The summed E-state index contributed by atoms with van der Waals surface area (Å²) in [6.07, 6.45) is 0.660. The second-order valence-electron chi connectivity index (χ2n) is 6.81. The summed E-state index contributed by atoms with van der Waals surface area (Å²) >= 11 is 0. The molecule has 2 aromatic carbocycles. The molecule has 0 amide bonds.